The van der Waals surface area contributed by atoms with Gasteiger partial charge in [0.05, 0.1) is 24.3 Å². The maximum Gasteiger partial charge on any atom is 0.339 e. The molecule has 0 bridgehead atoms. The number of rotatable bonds is 3. The van der Waals surface area contributed by atoms with Crippen LogP contribution in [-0.2, 0) is 14.3 Å². The monoisotopic (exact) mass is 221 g/mol. The van der Waals surface area contributed by atoms with Crippen LogP contribution in [0.15, 0.2) is 22.2 Å². The van der Waals surface area contributed by atoms with Crippen LogP contribution < -0.4 is 0 Å². The standard InChI is InChI=1S/C12H15NO3/c1-4-5-11-9(7-14)6-10(8(2)13-11)12(15)16-3/h6,11H,4-5H2,1-3H3. The van der Waals surface area contributed by atoms with Crippen LogP contribution in [0.5, 0.6) is 0 Å². The van der Waals surface area contributed by atoms with Crippen LogP contribution in [-0.4, -0.2) is 30.8 Å². The lowest BCUT2D eigenvalue weighted by Crippen LogP contribution is -2.22. The third kappa shape index (κ3) is 2.47. The van der Waals surface area contributed by atoms with E-state index in [-0.39, 0.29) is 6.04 Å². The minimum Gasteiger partial charge on any atom is -0.465 e. The average Bonchev–Trinajstić information content (AvgIpc) is 2.29. The van der Waals surface area contributed by atoms with E-state index >= 15 is 0 Å². The van der Waals surface area contributed by atoms with Crippen molar-refractivity contribution >= 4 is 17.6 Å². The third-order valence-electron chi connectivity index (χ3n) is 2.48. The Balaban J connectivity index is 3.06. The molecule has 0 saturated heterocycles. The summed E-state index contributed by atoms with van der Waals surface area (Å²) in [5.74, 6) is 1.38. The molecule has 0 radical (unpaired) electrons. The maximum absolute atomic E-state index is 11.4. The molecule has 1 unspecified atom stereocenters. The van der Waals surface area contributed by atoms with Crippen molar-refractivity contribution in [3.05, 3.63) is 17.2 Å². The molecule has 1 rings (SSSR count). The van der Waals surface area contributed by atoms with Crippen molar-refractivity contribution in [3.63, 3.8) is 0 Å². The highest BCUT2D eigenvalue weighted by Crippen LogP contribution is 2.21. The third-order valence-corrected chi connectivity index (χ3v) is 2.48. The zero-order valence-electron chi connectivity index (χ0n) is 9.74. The van der Waals surface area contributed by atoms with E-state index in [2.05, 4.69) is 9.73 Å². The quantitative estimate of drug-likeness (QED) is 0.536. The molecule has 1 aliphatic heterocycles. The molecule has 4 nitrogen and oxygen atoms in total. The van der Waals surface area contributed by atoms with Crippen molar-refractivity contribution in [1.82, 2.24) is 0 Å². The summed E-state index contributed by atoms with van der Waals surface area (Å²) in [7, 11) is 1.30. The number of hydrogen-bond donors (Lipinski definition) is 0. The molecule has 1 aliphatic rings. The van der Waals surface area contributed by atoms with Crippen LogP contribution in [0, 0.1) is 0 Å². The number of nitrogens with zero attached hydrogens (tertiary/aromatic N) is 1. The second-order valence-electron chi connectivity index (χ2n) is 3.63. The SMILES string of the molecule is CCCC1N=C(C)C(C(=O)OC)=CC1=C=O. The topological polar surface area (TPSA) is 55.7 Å². The van der Waals surface area contributed by atoms with Gasteiger partial charge >= 0.3 is 5.97 Å². The number of aliphatic imine (C=N–C) groups is 1. The molecule has 0 aliphatic carbocycles. The molecule has 16 heavy (non-hydrogen) atoms. The molecule has 0 N–H and O–H groups in total. The molecule has 0 spiro atoms. The molecule has 0 aromatic carbocycles. The van der Waals surface area contributed by atoms with E-state index in [1.807, 2.05) is 12.9 Å². The van der Waals surface area contributed by atoms with Gasteiger partial charge < -0.3 is 4.74 Å². The first-order chi connectivity index (χ1) is 7.63. The van der Waals surface area contributed by atoms with Gasteiger partial charge in [-0.3, -0.25) is 4.99 Å². The lowest BCUT2D eigenvalue weighted by Gasteiger charge is -2.18. The number of methoxy groups -OCH3 is 1. The van der Waals surface area contributed by atoms with E-state index in [1.54, 1.807) is 6.92 Å². The molecule has 0 amide bonds. The van der Waals surface area contributed by atoms with Crippen LogP contribution in [0.3, 0.4) is 0 Å². The first-order valence-corrected chi connectivity index (χ1v) is 5.23. The molecule has 0 saturated carbocycles. The second kappa shape index (κ2) is 5.42. The number of carbonyl (C=O) groups excluding carboxylic acids is 2. The Morgan fingerprint density at radius 3 is 2.81 bits per heavy atom. The highest BCUT2D eigenvalue weighted by atomic mass is 16.5. The molecule has 0 aromatic rings. The molecule has 86 valence electrons. The van der Waals surface area contributed by atoms with E-state index in [0.29, 0.717) is 16.9 Å². The largest absolute Gasteiger partial charge is 0.465 e. The van der Waals surface area contributed by atoms with E-state index < -0.39 is 5.97 Å². The number of ether oxygens (including phenoxy) is 1. The average molecular weight is 221 g/mol. The lowest BCUT2D eigenvalue weighted by atomic mass is 9.96. The summed E-state index contributed by atoms with van der Waals surface area (Å²) < 4.78 is 4.62. The number of dihydropyridines is 1. The maximum atomic E-state index is 11.4. The Hall–Kier alpha value is -1.67. The molecular formula is C12H15NO3. The molecule has 1 heterocycles. The predicted molar refractivity (Wildman–Crippen MR) is 61.1 cm³/mol. The smallest absolute Gasteiger partial charge is 0.339 e. The Labute approximate surface area is 94.7 Å². The van der Waals surface area contributed by atoms with Gasteiger partial charge in [0.15, 0.2) is 0 Å². The predicted octanol–water partition coefficient (Wildman–Crippen LogP) is 1.49. The highest BCUT2D eigenvalue weighted by molar-refractivity contribution is 6.20. The first-order valence-electron chi connectivity index (χ1n) is 5.23. The molecule has 1 atom stereocenters. The molecule has 4 heteroatoms. The summed E-state index contributed by atoms with van der Waals surface area (Å²) in [6.45, 7) is 3.76. The Morgan fingerprint density at radius 1 is 1.62 bits per heavy atom. The van der Waals surface area contributed by atoms with Gasteiger partial charge in [-0.05, 0) is 19.4 Å². The van der Waals surface area contributed by atoms with Gasteiger partial charge in [-0.1, -0.05) is 13.3 Å². The number of esters is 1. The second-order valence-corrected chi connectivity index (χ2v) is 3.63. The van der Waals surface area contributed by atoms with Crippen LogP contribution in [0.25, 0.3) is 0 Å². The van der Waals surface area contributed by atoms with E-state index in [1.165, 1.54) is 13.2 Å². The Morgan fingerprint density at radius 2 is 2.31 bits per heavy atom. The Bertz CT molecular complexity index is 400. The lowest BCUT2D eigenvalue weighted by molar-refractivity contribution is -0.135. The van der Waals surface area contributed by atoms with Gasteiger partial charge in [0.25, 0.3) is 0 Å². The fourth-order valence-electron chi connectivity index (χ4n) is 1.64. The van der Waals surface area contributed by atoms with Crippen molar-refractivity contribution in [3.8, 4) is 0 Å². The van der Waals surface area contributed by atoms with E-state index in [9.17, 15) is 9.59 Å². The minimum absolute atomic E-state index is 0.170. The summed E-state index contributed by atoms with van der Waals surface area (Å²) in [5.41, 5.74) is 1.38. The van der Waals surface area contributed by atoms with Crippen LogP contribution in [0.4, 0.5) is 0 Å². The number of carbonyl (C=O) groups is 1. The van der Waals surface area contributed by atoms with Crippen LogP contribution in [0.2, 0.25) is 0 Å². The summed E-state index contributed by atoms with van der Waals surface area (Å²) >= 11 is 0. The summed E-state index contributed by atoms with van der Waals surface area (Å²) in [6, 6.07) is -0.170. The van der Waals surface area contributed by atoms with Gasteiger partial charge in [0.2, 0.25) is 0 Å². The normalized spacial score (nSPS) is 19.7. The molecular weight excluding hydrogens is 206 g/mol. The van der Waals surface area contributed by atoms with Crippen molar-refractivity contribution in [2.24, 2.45) is 4.99 Å². The van der Waals surface area contributed by atoms with Crippen molar-refractivity contribution in [1.29, 1.82) is 0 Å². The van der Waals surface area contributed by atoms with E-state index in [0.717, 1.165) is 12.8 Å². The fraction of sp³-hybridized carbons (Fsp3) is 0.500. The summed E-state index contributed by atoms with van der Waals surface area (Å²) in [6.07, 6.45) is 3.24. The zero-order valence-corrected chi connectivity index (χ0v) is 9.74. The van der Waals surface area contributed by atoms with Crippen molar-refractivity contribution < 1.29 is 14.3 Å². The van der Waals surface area contributed by atoms with E-state index in [4.69, 9.17) is 0 Å². The van der Waals surface area contributed by atoms with Gasteiger partial charge in [-0.15, -0.1) is 0 Å². The number of hydrogen-bond acceptors (Lipinski definition) is 4. The summed E-state index contributed by atoms with van der Waals surface area (Å²) in [5, 5.41) is 0. The van der Waals surface area contributed by atoms with Gasteiger partial charge in [0.1, 0.15) is 5.94 Å². The molecule has 0 fully saturated rings. The fourth-order valence-corrected chi connectivity index (χ4v) is 1.64. The molecule has 0 aromatic heterocycles. The van der Waals surface area contributed by atoms with Crippen molar-refractivity contribution in [2.45, 2.75) is 32.7 Å². The first kappa shape index (κ1) is 12.4. The minimum atomic E-state index is -0.469. The van der Waals surface area contributed by atoms with Gasteiger partial charge in [-0.25, -0.2) is 9.59 Å². The Kier molecular flexibility index (Phi) is 4.20. The van der Waals surface area contributed by atoms with Crippen LogP contribution >= 0.6 is 0 Å². The van der Waals surface area contributed by atoms with Crippen LogP contribution in [0.1, 0.15) is 26.7 Å². The van der Waals surface area contributed by atoms with Gasteiger partial charge in [0, 0.05) is 5.71 Å². The summed E-state index contributed by atoms with van der Waals surface area (Å²) in [4.78, 5) is 26.5. The van der Waals surface area contributed by atoms with Gasteiger partial charge in [-0.2, -0.15) is 0 Å². The highest BCUT2D eigenvalue weighted by Gasteiger charge is 2.23. The van der Waals surface area contributed by atoms with Crippen molar-refractivity contribution in [2.75, 3.05) is 7.11 Å². The zero-order chi connectivity index (χ0) is 12.1.